The SMILES string of the molecule is Oc1cc(O)c2c(c1)O[C@]1(c3ccc(O)c(O)c3)Oc3c(c(O)c4c(c3[C@H]3c5c(O)cc(O)cc5O[C@H](c5ccc(O)c(O)c5)[C@@H]3O)O[C@H](c3ccc(O)c(O)c3)[C@@H](O)C4)C2[C@H]1O. The second-order valence-electron chi connectivity index (χ2n) is 15.9. The molecule has 14 N–H and O–H groups in total. The zero-order valence-corrected chi connectivity index (χ0v) is 32.1. The summed E-state index contributed by atoms with van der Waals surface area (Å²) in [6.45, 7) is 0. The Morgan fingerprint density at radius 3 is 1.62 bits per heavy atom. The van der Waals surface area contributed by atoms with E-state index < -0.39 is 124 Å². The molecule has 0 spiro atoms. The van der Waals surface area contributed by atoms with E-state index in [-0.39, 0.29) is 61.8 Å². The van der Waals surface area contributed by atoms with Gasteiger partial charge in [0.25, 0.3) is 0 Å². The molecule has 0 aliphatic carbocycles. The van der Waals surface area contributed by atoms with Gasteiger partial charge in [0.05, 0.1) is 17.9 Å². The molecule has 4 aliphatic rings. The summed E-state index contributed by atoms with van der Waals surface area (Å²) in [7, 11) is 0. The standard InChI is InChI=1S/C45H36O18/c46-18-10-27(54)32-30(12-18)60-41(16-2-5-22(49)25(52)8-16)39(58)34(32)37-42-20(14-29(56)40(61-42)15-1-4-21(48)24(51)7-15)38(57)36-35-33-28(55)11-19(47)13-31(33)62-45(44(35)59,63-43(36)37)17-3-6-23(50)26(53)9-17/h1-13,29,34-35,39-41,44,46-59H,14H2/t29-,34+,35?,39+,40+,41+,44+,45+/m0/s1. The van der Waals surface area contributed by atoms with E-state index in [2.05, 4.69) is 0 Å². The van der Waals surface area contributed by atoms with Crippen LogP contribution in [-0.2, 0) is 12.2 Å². The quantitative estimate of drug-likeness (QED) is 0.110. The van der Waals surface area contributed by atoms with Gasteiger partial charge >= 0.3 is 5.79 Å². The summed E-state index contributed by atoms with van der Waals surface area (Å²) in [5.41, 5.74) is -0.901. The van der Waals surface area contributed by atoms with Crippen molar-refractivity contribution in [2.75, 3.05) is 0 Å². The van der Waals surface area contributed by atoms with E-state index in [9.17, 15) is 71.5 Å². The fraction of sp³-hybridized carbons (Fsp3) is 0.200. The highest BCUT2D eigenvalue weighted by atomic mass is 16.7. The summed E-state index contributed by atoms with van der Waals surface area (Å²) in [5.74, 6) is -13.1. The van der Waals surface area contributed by atoms with E-state index in [4.69, 9.17) is 18.9 Å². The van der Waals surface area contributed by atoms with Crippen molar-refractivity contribution in [1.29, 1.82) is 0 Å². The Morgan fingerprint density at radius 2 is 1.02 bits per heavy atom. The molecule has 0 saturated carbocycles. The predicted molar refractivity (Wildman–Crippen MR) is 212 cm³/mol. The highest BCUT2D eigenvalue weighted by Crippen LogP contribution is 2.66. The highest BCUT2D eigenvalue weighted by Gasteiger charge is 2.61. The van der Waals surface area contributed by atoms with E-state index in [1.54, 1.807) is 0 Å². The Balaban J connectivity index is 1.32. The lowest BCUT2D eigenvalue weighted by molar-refractivity contribution is -0.219. The molecule has 2 bridgehead atoms. The molecule has 0 aromatic heterocycles. The zero-order valence-electron chi connectivity index (χ0n) is 32.1. The summed E-state index contributed by atoms with van der Waals surface area (Å²) in [5, 5.41) is 156. The van der Waals surface area contributed by atoms with Crippen molar-refractivity contribution < 1.29 is 90.4 Å². The van der Waals surface area contributed by atoms with Gasteiger partial charge in [-0.3, -0.25) is 0 Å². The van der Waals surface area contributed by atoms with Crippen LogP contribution in [0.2, 0.25) is 0 Å². The molecule has 18 nitrogen and oxygen atoms in total. The molecule has 0 amide bonds. The first-order valence-electron chi connectivity index (χ1n) is 19.3. The molecule has 8 atom stereocenters. The van der Waals surface area contributed by atoms with E-state index >= 15 is 0 Å². The molecular formula is C45H36O18. The van der Waals surface area contributed by atoms with Gasteiger partial charge in [-0.05, 0) is 53.6 Å². The normalized spacial score (nSPS) is 25.2. The molecule has 6 aromatic rings. The van der Waals surface area contributed by atoms with Crippen LogP contribution in [0.15, 0.2) is 78.9 Å². The number of aromatic hydroxyl groups is 11. The van der Waals surface area contributed by atoms with Crippen LogP contribution in [0.1, 0.15) is 68.6 Å². The number of fused-ring (bicyclic) bond motifs is 8. The van der Waals surface area contributed by atoms with Crippen molar-refractivity contribution >= 4 is 0 Å². The number of rotatable bonds is 4. The predicted octanol–water partition coefficient (Wildman–Crippen LogP) is 4.24. The number of benzene rings is 6. The van der Waals surface area contributed by atoms with Gasteiger partial charge in [-0.1, -0.05) is 12.1 Å². The second-order valence-corrected chi connectivity index (χ2v) is 15.9. The molecule has 0 fully saturated rings. The lowest BCUT2D eigenvalue weighted by atomic mass is 9.70. The first kappa shape index (κ1) is 39.3. The van der Waals surface area contributed by atoms with E-state index in [1.807, 2.05) is 0 Å². The van der Waals surface area contributed by atoms with Gasteiger partial charge in [-0.25, -0.2) is 0 Å². The maximum atomic E-state index is 12.7. The lowest BCUT2D eigenvalue weighted by Crippen LogP contribution is -2.58. The third kappa shape index (κ3) is 5.68. The summed E-state index contributed by atoms with van der Waals surface area (Å²) in [4.78, 5) is 0. The minimum absolute atomic E-state index is 0.0813. The zero-order chi connectivity index (χ0) is 44.5. The topological polar surface area (TPSA) is 320 Å². The number of hydrogen-bond acceptors (Lipinski definition) is 18. The van der Waals surface area contributed by atoms with Crippen molar-refractivity contribution in [2.45, 2.75) is 54.6 Å². The van der Waals surface area contributed by atoms with Gasteiger partial charge in [0, 0.05) is 64.1 Å². The largest absolute Gasteiger partial charge is 0.508 e. The van der Waals surface area contributed by atoms with Crippen molar-refractivity contribution in [1.82, 2.24) is 0 Å². The first-order chi connectivity index (χ1) is 30.0. The number of aliphatic hydroxyl groups is 3. The van der Waals surface area contributed by atoms with Crippen LogP contribution in [0, 0.1) is 0 Å². The molecule has 63 heavy (non-hydrogen) atoms. The average Bonchev–Trinajstić information content (AvgIpc) is 3.22. The molecule has 0 saturated heterocycles. The van der Waals surface area contributed by atoms with Crippen LogP contribution in [0.3, 0.4) is 0 Å². The first-order valence-corrected chi connectivity index (χ1v) is 19.3. The van der Waals surface area contributed by atoms with Crippen LogP contribution in [0.25, 0.3) is 0 Å². The van der Waals surface area contributed by atoms with Gasteiger partial charge in [0.15, 0.2) is 40.6 Å². The van der Waals surface area contributed by atoms with E-state index in [0.717, 1.165) is 60.7 Å². The van der Waals surface area contributed by atoms with Crippen molar-refractivity contribution in [3.8, 4) is 86.2 Å². The van der Waals surface area contributed by atoms with Gasteiger partial charge in [-0.15, -0.1) is 0 Å². The van der Waals surface area contributed by atoms with E-state index in [0.29, 0.717) is 0 Å². The van der Waals surface area contributed by atoms with Crippen molar-refractivity contribution in [3.63, 3.8) is 0 Å². The van der Waals surface area contributed by atoms with E-state index in [1.165, 1.54) is 18.2 Å². The van der Waals surface area contributed by atoms with Crippen LogP contribution in [-0.4, -0.2) is 89.8 Å². The summed E-state index contributed by atoms with van der Waals surface area (Å²) < 4.78 is 26.0. The molecular weight excluding hydrogens is 828 g/mol. The van der Waals surface area contributed by atoms with Gasteiger partial charge < -0.3 is 90.4 Å². The van der Waals surface area contributed by atoms with Crippen LogP contribution in [0.5, 0.6) is 86.2 Å². The van der Waals surface area contributed by atoms with Gasteiger partial charge in [-0.2, -0.15) is 0 Å². The number of hydrogen-bond donors (Lipinski definition) is 14. The Hall–Kier alpha value is -7.80. The highest BCUT2D eigenvalue weighted by molar-refractivity contribution is 5.74. The second kappa shape index (κ2) is 13.6. The molecule has 18 heteroatoms. The Bertz CT molecular complexity index is 2910. The average molecular weight is 865 g/mol. The Morgan fingerprint density at radius 1 is 0.460 bits per heavy atom. The van der Waals surface area contributed by atoms with Crippen molar-refractivity contribution in [2.24, 2.45) is 0 Å². The third-order valence-electron chi connectivity index (χ3n) is 12.2. The van der Waals surface area contributed by atoms with Crippen LogP contribution in [0.4, 0.5) is 0 Å². The molecule has 324 valence electrons. The Labute approximate surface area is 354 Å². The maximum absolute atomic E-state index is 12.7. The minimum Gasteiger partial charge on any atom is -0.508 e. The summed E-state index contributed by atoms with van der Waals surface area (Å²) in [6.07, 6.45) is -8.60. The fourth-order valence-electron chi connectivity index (χ4n) is 9.34. The molecule has 1 unspecified atom stereocenters. The molecule has 0 radical (unpaired) electrons. The monoisotopic (exact) mass is 864 g/mol. The molecule has 10 rings (SSSR count). The minimum atomic E-state index is -2.50. The molecule has 4 heterocycles. The summed E-state index contributed by atoms with van der Waals surface area (Å²) >= 11 is 0. The number of aliphatic hydroxyl groups excluding tert-OH is 3. The van der Waals surface area contributed by atoms with Gasteiger partial charge in [0.2, 0.25) is 0 Å². The van der Waals surface area contributed by atoms with Crippen LogP contribution < -0.4 is 18.9 Å². The lowest BCUT2D eigenvalue weighted by Gasteiger charge is -2.51. The van der Waals surface area contributed by atoms with Crippen LogP contribution >= 0.6 is 0 Å². The number of phenolic OH excluding ortho intramolecular Hbond substituents is 11. The van der Waals surface area contributed by atoms with Gasteiger partial charge in [0.1, 0.15) is 70.1 Å². The summed E-state index contributed by atoms with van der Waals surface area (Å²) in [6, 6.07) is 14.8. The number of ether oxygens (including phenoxy) is 4. The van der Waals surface area contributed by atoms with Crippen molar-refractivity contribution in [3.05, 3.63) is 123 Å². The fourth-order valence-corrected chi connectivity index (χ4v) is 9.34. The molecule has 6 aromatic carbocycles. The smallest absolute Gasteiger partial charge is 0.305 e. The Kier molecular flexibility index (Phi) is 8.49. The third-order valence-corrected chi connectivity index (χ3v) is 12.2. The number of phenols is 11. The maximum Gasteiger partial charge on any atom is 0.305 e. The molecule has 4 aliphatic heterocycles.